The first-order chi connectivity index (χ1) is 8.86. The zero-order valence-corrected chi connectivity index (χ0v) is 9.90. The van der Waals surface area contributed by atoms with Crippen molar-refractivity contribution < 1.29 is 29.5 Å². The van der Waals surface area contributed by atoms with Gasteiger partial charge in [0.15, 0.2) is 11.9 Å². The minimum Gasteiger partial charge on any atom is -0.479 e. The molecule has 0 amide bonds. The van der Waals surface area contributed by atoms with Gasteiger partial charge < -0.3 is 14.9 Å². The third-order valence-electron chi connectivity index (χ3n) is 2.32. The van der Waals surface area contributed by atoms with E-state index in [1.807, 2.05) is 0 Å². The third kappa shape index (κ3) is 3.41. The van der Waals surface area contributed by atoms with E-state index in [-0.39, 0.29) is 17.7 Å². The van der Waals surface area contributed by atoms with Crippen LogP contribution in [0.25, 0.3) is 0 Å². The van der Waals surface area contributed by atoms with Crippen molar-refractivity contribution in [1.29, 1.82) is 0 Å². The zero-order valence-electron chi connectivity index (χ0n) is 9.90. The van der Waals surface area contributed by atoms with Gasteiger partial charge in [-0.1, -0.05) is 6.92 Å². The number of aromatic carboxylic acids is 1. The lowest BCUT2D eigenvalue weighted by Gasteiger charge is -2.13. The van der Waals surface area contributed by atoms with Crippen molar-refractivity contribution in [2.24, 2.45) is 0 Å². The molecule has 1 unspecified atom stereocenters. The fraction of sp³-hybridized carbons (Fsp3) is 0.273. The van der Waals surface area contributed by atoms with Gasteiger partial charge in [-0.3, -0.25) is 10.1 Å². The van der Waals surface area contributed by atoms with Crippen molar-refractivity contribution in [2.45, 2.75) is 19.4 Å². The maximum absolute atomic E-state index is 10.8. The Bertz CT molecular complexity index is 526. The predicted molar refractivity (Wildman–Crippen MR) is 62.4 cm³/mol. The summed E-state index contributed by atoms with van der Waals surface area (Å²) in [6.45, 7) is 1.55. The third-order valence-corrected chi connectivity index (χ3v) is 2.32. The molecule has 2 N–H and O–H groups in total. The van der Waals surface area contributed by atoms with Gasteiger partial charge in [0.25, 0.3) is 0 Å². The summed E-state index contributed by atoms with van der Waals surface area (Å²) in [5, 5.41) is 28.4. The summed E-state index contributed by atoms with van der Waals surface area (Å²) in [5.41, 5.74) is -0.859. The highest BCUT2D eigenvalue weighted by Gasteiger charge is 2.24. The number of hydrogen-bond acceptors (Lipinski definition) is 5. The molecule has 0 aliphatic rings. The van der Waals surface area contributed by atoms with Crippen molar-refractivity contribution in [3.8, 4) is 5.75 Å². The number of carboxylic acid groups (broad SMARTS) is 2. The number of ether oxygens (including phenoxy) is 1. The fourth-order valence-electron chi connectivity index (χ4n) is 1.35. The highest BCUT2D eigenvalue weighted by Crippen LogP contribution is 2.29. The molecule has 0 aliphatic heterocycles. The van der Waals surface area contributed by atoms with E-state index in [9.17, 15) is 19.7 Å². The van der Waals surface area contributed by atoms with Gasteiger partial charge in [-0.25, -0.2) is 9.59 Å². The van der Waals surface area contributed by atoms with Gasteiger partial charge in [-0.05, 0) is 18.6 Å². The van der Waals surface area contributed by atoms with Gasteiger partial charge in [0.2, 0.25) is 0 Å². The van der Waals surface area contributed by atoms with E-state index in [0.717, 1.165) is 18.2 Å². The predicted octanol–water partition coefficient (Wildman–Crippen LogP) is 1.53. The smallest absolute Gasteiger partial charge is 0.344 e. The second kappa shape index (κ2) is 5.80. The van der Waals surface area contributed by atoms with Crippen LogP contribution in [0.5, 0.6) is 5.75 Å². The Hall–Kier alpha value is -2.64. The van der Waals surface area contributed by atoms with Gasteiger partial charge in [-0.15, -0.1) is 0 Å². The summed E-state index contributed by atoms with van der Waals surface area (Å²) in [4.78, 5) is 31.5. The molecule has 0 heterocycles. The van der Waals surface area contributed by atoms with Crippen LogP contribution in [0.2, 0.25) is 0 Å². The first kappa shape index (κ1) is 14.4. The van der Waals surface area contributed by atoms with Crippen LogP contribution >= 0.6 is 0 Å². The molecule has 102 valence electrons. The van der Waals surface area contributed by atoms with Crippen molar-refractivity contribution in [3.63, 3.8) is 0 Å². The van der Waals surface area contributed by atoms with E-state index < -0.39 is 28.7 Å². The van der Waals surface area contributed by atoms with Crippen molar-refractivity contribution in [2.75, 3.05) is 0 Å². The molecular weight excluding hydrogens is 258 g/mol. The van der Waals surface area contributed by atoms with Crippen LogP contribution in [0.15, 0.2) is 18.2 Å². The number of aliphatic carboxylic acids is 1. The highest BCUT2D eigenvalue weighted by atomic mass is 16.6. The van der Waals surface area contributed by atoms with E-state index in [1.54, 1.807) is 6.92 Å². The maximum atomic E-state index is 10.8. The average Bonchev–Trinajstić information content (AvgIpc) is 2.35. The number of hydrogen-bond donors (Lipinski definition) is 2. The average molecular weight is 269 g/mol. The van der Waals surface area contributed by atoms with Crippen molar-refractivity contribution in [3.05, 3.63) is 33.9 Å². The van der Waals surface area contributed by atoms with Crippen LogP contribution in [-0.2, 0) is 4.79 Å². The van der Waals surface area contributed by atoms with E-state index in [1.165, 1.54) is 0 Å². The number of nitro benzene ring substituents is 1. The number of benzene rings is 1. The van der Waals surface area contributed by atoms with Gasteiger partial charge in [-0.2, -0.15) is 0 Å². The van der Waals surface area contributed by atoms with Crippen LogP contribution in [0.4, 0.5) is 5.69 Å². The number of rotatable bonds is 6. The second-order valence-electron chi connectivity index (χ2n) is 3.60. The summed E-state index contributed by atoms with van der Waals surface area (Å²) in [7, 11) is 0. The van der Waals surface area contributed by atoms with Gasteiger partial charge in [0.05, 0.1) is 10.5 Å². The number of nitrogens with zero attached hydrogens (tertiary/aromatic N) is 1. The van der Waals surface area contributed by atoms with Crippen LogP contribution in [-0.4, -0.2) is 33.2 Å². The van der Waals surface area contributed by atoms with Gasteiger partial charge >= 0.3 is 17.6 Å². The summed E-state index contributed by atoms with van der Waals surface area (Å²) in [5.74, 6) is -2.84. The second-order valence-corrected chi connectivity index (χ2v) is 3.60. The summed E-state index contributed by atoms with van der Waals surface area (Å²) >= 11 is 0. The molecule has 8 heteroatoms. The molecule has 1 aromatic carbocycles. The summed E-state index contributed by atoms with van der Waals surface area (Å²) in [6, 6.07) is 3.01. The Balaban J connectivity index is 3.16. The van der Waals surface area contributed by atoms with Gasteiger partial charge in [0, 0.05) is 6.07 Å². The molecule has 0 saturated heterocycles. The zero-order chi connectivity index (χ0) is 14.6. The highest BCUT2D eigenvalue weighted by molar-refractivity contribution is 5.89. The molecule has 8 nitrogen and oxygen atoms in total. The normalized spacial score (nSPS) is 11.6. The van der Waals surface area contributed by atoms with Crippen LogP contribution in [0, 0.1) is 10.1 Å². The minimum absolute atomic E-state index is 0.118. The lowest BCUT2D eigenvalue weighted by Crippen LogP contribution is -2.26. The minimum atomic E-state index is -1.32. The molecule has 1 atom stereocenters. The molecule has 0 radical (unpaired) electrons. The number of nitro groups is 1. The molecule has 0 fully saturated rings. The largest absolute Gasteiger partial charge is 0.479 e. The Morgan fingerprint density at radius 1 is 1.42 bits per heavy atom. The van der Waals surface area contributed by atoms with Crippen LogP contribution < -0.4 is 4.74 Å². The van der Waals surface area contributed by atoms with Crippen molar-refractivity contribution >= 4 is 17.6 Å². The maximum Gasteiger partial charge on any atom is 0.344 e. The molecule has 1 rings (SSSR count). The lowest BCUT2D eigenvalue weighted by atomic mass is 10.2. The summed E-state index contributed by atoms with van der Waals surface area (Å²) < 4.78 is 5.02. The van der Waals surface area contributed by atoms with E-state index in [4.69, 9.17) is 14.9 Å². The molecule has 0 aliphatic carbocycles. The lowest BCUT2D eigenvalue weighted by molar-refractivity contribution is -0.386. The molecule has 0 aromatic heterocycles. The van der Waals surface area contributed by atoms with E-state index in [0.29, 0.717) is 0 Å². The topological polar surface area (TPSA) is 127 Å². The summed E-state index contributed by atoms with van der Waals surface area (Å²) in [6.07, 6.45) is -1.11. The number of carboxylic acids is 2. The van der Waals surface area contributed by atoms with Gasteiger partial charge in [0.1, 0.15) is 0 Å². The Morgan fingerprint density at radius 3 is 2.47 bits per heavy atom. The molecule has 0 bridgehead atoms. The van der Waals surface area contributed by atoms with Crippen LogP contribution in [0.3, 0.4) is 0 Å². The van der Waals surface area contributed by atoms with E-state index in [2.05, 4.69) is 0 Å². The first-order valence-corrected chi connectivity index (χ1v) is 5.28. The quantitative estimate of drug-likeness (QED) is 0.592. The molecule has 0 spiro atoms. The molecular formula is C11H11NO7. The Labute approximate surface area is 107 Å². The molecule has 0 saturated carbocycles. The standard InChI is InChI=1S/C11H11NO7/c1-2-8(11(15)16)19-9-4-3-6(10(13)14)5-7(9)12(17)18/h3-5,8H,2H2,1H3,(H,13,14)(H,15,16). The fourth-order valence-corrected chi connectivity index (χ4v) is 1.35. The molecule has 1 aromatic rings. The van der Waals surface area contributed by atoms with Crippen molar-refractivity contribution in [1.82, 2.24) is 0 Å². The van der Waals surface area contributed by atoms with E-state index >= 15 is 0 Å². The SMILES string of the molecule is CCC(Oc1ccc(C(=O)O)cc1[N+](=O)[O-])C(=O)O. The Kier molecular flexibility index (Phi) is 4.41. The monoisotopic (exact) mass is 269 g/mol. The molecule has 19 heavy (non-hydrogen) atoms. The number of carbonyl (C=O) groups is 2. The Morgan fingerprint density at radius 2 is 2.05 bits per heavy atom. The van der Waals surface area contributed by atoms with Crippen LogP contribution in [0.1, 0.15) is 23.7 Å². The first-order valence-electron chi connectivity index (χ1n) is 5.28.